The first-order valence-electron chi connectivity index (χ1n) is 8.03. The van der Waals surface area contributed by atoms with E-state index >= 15 is 0 Å². The lowest BCUT2D eigenvalue weighted by molar-refractivity contribution is 0.0635. The van der Waals surface area contributed by atoms with E-state index in [9.17, 15) is 4.79 Å². The van der Waals surface area contributed by atoms with Gasteiger partial charge in [-0.15, -0.1) is 0 Å². The molecule has 23 heavy (non-hydrogen) atoms. The predicted molar refractivity (Wildman–Crippen MR) is 92.4 cm³/mol. The Kier molecular flexibility index (Phi) is 5.71. The summed E-state index contributed by atoms with van der Waals surface area (Å²) in [5.41, 5.74) is 1.02. The Balaban J connectivity index is 1.96. The van der Waals surface area contributed by atoms with Gasteiger partial charge in [-0.05, 0) is 52.3 Å². The minimum atomic E-state index is -0.535. The van der Waals surface area contributed by atoms with E-state index in [1.807, 2.05) is 39.0 Å². The molecule has 1 atom stereocenters. The number of carbonyl (C=O) groups is 1. The van der Waals surface area contributed by atoms with E-state index < -0.39 is 11.7 Å². The van der Waals surface area contributed by atoms with E-state index in [0.29, 0.717) is 17.5 Å². The van der Waals surface area contributed by atoms with Crippen LogP contribution in [0.15, 0.2) is 18.2 Å². The maximum atomic E-state index is 11.9. The Labute approximate surface area is 137 Å². The molecule has 1 aromatic rings. The Hall–Kier alpha value is -1.95. The van der Waals surface area contributed by atoms with E-state index in [0.717, 1.165) is 18.8 Å². The third kappa shape index (κ3) is 5.63. The largest absolute Gasteiger partial charge is 0.494 e. The number of ether oxygens (including phenoxy) is 2. The second-order valence-corrected chi connectivity index (χ2v) is 6.72. The maximum absolute atomic E-state index is 11.9. The molecule has 0 radical (unpaired) electrons. The van der Waals surface area contributed by atoms with Crippen LogP contribution in [0.2, 0.25) is 0 Å². The molecule has 1 aromatic carbocycles. The van der Waals surface area contributed by atoms with Gasteiger partial charge in [0.15, 0.2) is 0 Å². The van der Waals surface area contributed by atoms with Gasteiger partial charge >= 0.3 is 6.09 Å². The van der Waals surface area contributed by atoms with E-state index in [2.05, 4.69) is 16.0 Å². The summed E-state index contributed by atoms with van der Waals surface area (Å²) in [5, 5.41) is 9.56. The fourth-order valence-corrected chi connectivity index (χ4v) is 2.49. The van der Waals surface area contributed by atoms with Crippen LogP contribution in [-0.4, -0.2) is 37.9 Å². The fraction of sp³-hybridized carbons (Fsp3) is 0.588. The highest BCUT2D eigenvalue weighted by Gasteiger charge is 2.18. The minimum absolute atomic E-state index is 0.494. The zero-order valence-electron chi connectivity index (χ0n) is 14.4. The molecule has 1 heterocycles. The van der Waals surface area contributed by atoms with E-state index in [1.54, 1.807) is 7.11 Å². The zero-order chi connectivity index (χ0) is 16.9. The van der Waals surface area contributed by atoms with Crippen molar-refractivity contribution in [3.8, 4) is 5.75 Å². The highest BCUT2D eigenvalue weighted by Crippen LogP contribution is 2.28. The van der Waals surface area contributed by atoms with Gasteiger partial charge in [-0.2, -0.15) is 0 Å². The predicted octanol–water partition coefficient (Wildman–Crippen LogP) is 3.21. The Bertz CT molecular complexity index is 534. The minimum Gasteiger partial charge on any atom is -0.494 e. The van der Waals surface area contributed by atoms with Crippen LogP contribution in [0, 0.1) is 0 Å². The number of anilines is 2. The van der Waals surface area contributed by atoms with Crippen molar-refractivity contribution >= 4 is 17.5 Å². The van der Waals surface area contributed by atoms with Crippen LogP contribution in [-0.2, 0) is 4.74 Å². The first-order chi connectivity index (χ1) is 10.9. The van der Waals surface area contributed by atoms with Gasteiger partial charge in [-0.3, -0.25) is 5.32 Å². The molecule has 0 bridgehead atoms. The van der Waals surface area contributed by atoms with Crippen LogP contribution >= 0.6 is 0 Å². The number of benzene rings is 1. The van der Waals surface area contributed by atoms with Crippen LogP contribution in [0.5, 0.6) is 5.75 Å². The standard InChI is InChI=1S/C17H27N3O3/c1-17(2,3)23-16(21)20-14-8-7-12(10-15(14)22-4)19-11-13-6-5-9-18-13/h7-8,10,13,18-19H,5-6,9,11H2,1-4H3,(H,20,21). The summed E-state index contributed by atoms with van der Waals surface area (Å²) in [5.74, 6) is 0.597. The van der Waals surface area contributed by atoms with Gasteiger partial charge in [-0.1, -0.05) is 0 Å². The number of hydrogen-bond acceptors (Lipinski definition) is 5. The first-order valence-corrected chi connectivity index (χ1v) is 8.03. The SMILES string of the molecule is COc1cc(NCC2CCCN2)ccc1NC(=O)OC(C)(C)C. The number of amides is 1. The number of methoxy groups -OCH3 is 1. The molecule has 0 saturated carbocycles. The van der Waals surface area contributed by atoms with Gasteiger partial charge in [-0.25, -0.2) is 4.79 Å². The normalized spacial score (nSPS) is 17.7. The molecule has 0 spiro atoms. The van der Waals surface area contributed by atoms with Crippen LogP contribution in [0.25, 0.3) is 0 Å². The molecule has 6 nitrogen and oxygen atoms in total. The second kappa shape index (κ2) is 7.55. The van der Waals surface area contributed by atoms with Crippen molar-refractivity contribution < 1.29 is 14.3 Å². The van der Waals surface area contributed by atoms with Crippen molar-refractivity contribution in [1.82, 2.24) is 5.32 Å². The smallest absolute Gasteiger partial charge is 0.412 e. The van der Waals surface area contributed by atoms with Gasteiger partial charge in [0.1, 0.15) is 11.4 Å². The van der Waals surface area contributed by atoms with Gasteiger partial charge in [0.2, 0.25) is 0 Å². The highest BCUT2D eigenvalue weighted by molar-refractivity contribution is 5.87. The highest BCUT2D eigenvalue weighted by atomic mass is 16.6. The molecule has 1 amide bonds. The number of nitrogens with one attached hydrogen (secondary N) is 3. The van der Waals surface area contributed by atoms with Gasteiger partial charge in [0.05, 0.1) is 12.8 Å². The maximum Gasteiger partial charge on any atom is 0.412 e. The third-order valence-electron chi connectivity index (χ3n) is 3.55. The van der Waals surface area contributed by atoms with Crippen LogP contribution in [0.3, 0.4) is 0 Å². The second-order valence-electron chi connectivity index (χ2n) is 6.72. The van der Waals surface area contributed by atoms with Crippen LogP contribution < -0.4 is 20.7 Å². The molecule has 1 unspecified atom stereocenters. The van der Waals surface area contributed by atoms with Crippen molar-refractivity contribution in [2.24, 2.45) is 0 Å². The van der Waals surface area contributed by atoms with Crippen molar-refractivity contribution in [3.63, 3.8) is 0 Å². The Morgan fingerprint density at radius 1 is 1.39 bits per heavy atom. The van der Waals surface area contributed by atoms with Gasteiger partial charge in [0, 0.05) is 24.3 Å². The molecular weight excluding hydrogens is 294 g/mol. The summed E-state index contributed by atoms with van der Waals surface area (Å²) in [7, 11) is 1.58. The average Bonchev–Trinajstić information content (AvgIpc) is 2.97. The molecule has 6 heteroatoms. The molecule has 2 rings (SSSR count). The van der Waals surface area contributed by atoms with Crippen molar-refractivity contribution in [2.75, 3.05) is 30.8 Å². The fourth-order valence-electron chi connectivity index (χ4n) is 2.49. The summed E-state index contributed by atoms with van der Waals surface area (Å²) in [4.78, 5) is 11.9. The van der Waals surface area contributed by atoms with Crippen molar-refractivity contribution in [2.45, 2.75) is 45.3 Å². The summed E-state index contributed by atoms with van der Waals surface area (Å²) < 4.78 is 10.6. The van der Waals surface area contributed by atoms with Crippen LogP contribution in [0.1, 0.15) is 33.6 Å². The van der Waals surface area contributed by atoms with E-state index in [1.165, 1.54) is 12.8 Å². The monoisotopic (exact) mass is 321 g/mol. The molecule has 3 N–H and O–H groups in total. The Morgan fingerprint density at radius 3 is 2.78 bits per heavy atom. The molecule has 128 valence electrons. The van der Waals surface area contributed by atoms with Gasteiger partial charge < -0.3 is 20.1 Å². The third-order valence-corrected chi connectivity index (χ3v) is 3.55. The summed E-state index contributed by atoms with van der Waals surface area (Å²) in [6, 6.07) is 6.12. The van der Waals surface area contributed by atoms with E-state index in [4.69, 9.17) is 9.47 Å². The Morgan fingerprint density at radius 2 is 2.17 bits per heavy atom. The quantitative estimate of drug-likeness (QED) is 0.777. The number of rotatable bonds is 5. The lowest BCUT2D eigenvalue weighted by atomic mass is 10.2. The molecule has 1 fully saturated rings. The molecule has 0 aromatic heterocycles. The molecule has 1 aliphatic heterocycles. The number of hydrogen-bond donors (Lipinski definition) is 3. The molecule has 0 aliphatic carbocycles. The zero-order valence-corrected chi connectivity index (χ0v) is 14.4. The number of carbonyl (C=O) groups excluding carboxylic acids is 1. The van der Waals surface area contributed by atoms with Crippen molar-refractivity contribution in [3.05, 3.63) is 18.2 Å². The first kappa shape index (κ1) is 17.4. The van der Waals surface area contributed by atoms with Crippen molar-refractivity contribution in [1.29, 1.82) is 0 Å². The average molecular weight is 321 g/mol. The molecular formula is C17H27N3O3. The topological polar surface area (TPSA) is 71.6 Å². The summed E-state index contributed by atoms with van der Waals surface area (Å²) >= 11 is 0. The molecule has 1 aliphatic rings. The molecule has 1 saturated heterocycles. The summed E-state index contributed by atoms with van der Waals surface area (Å²) in [6.45, 7) is 7.45. The summed E-state index contributed by atoms with van der Waals surface area (Å²) in [6.07, 6.45) is 1.93. The lowest BCUT2D eigenvalue weighted by Gasteiger charge is -2.20. The van der Waals surface area contributed by atoms with Crippen LogP contribution in [0.4, 0.5) is 16.2 Å². The van der Waals surface area contributed by atoms with Gasteiger partial charge in [0.25, 0.3) is 0 Å². The lowest BCUT2D eigenvalue weighted by Crippen LogP contribution is -2.29. The van der Waals surface area contributed by atoms with E-state index in [-0.39, 0.29) is 0 Å².